The van der Waals surface area contributed by atoms with E-state index in [9.17, 15) is 19.2 Å². The van der Waals surface area contributed by atoms with E-state index in [-0.39, 0.29) is 42.1 Å². The van der Waals surface area contributed by atoms with Crippen LogP contribution in [0.5, 0.6) is 0 Å². The lowest BCUT2D eigenvalue weighted by atomic mass is 9.96. The van der Waals surface area contributed by atoms with Gasteiger partial charge >= 0.3 is 17.9 Å². The van der Waals surface area contributed by atoms with Gasteiger partial charge in [-0.3, -0.25) is 4.79 Å². The van der Waals surface area contributed by atoms with E-state index in [0.717, 1.165) is 0 Å². The van der Waals surface area contributed by atoms with Gasteiger partial charge in [-0.05, 0) is 18.2 Å². The summed E-state index contributed by atoms with van der Waals surface area (Å²) in [6.07, 6.45) is 0. The number of carbonyl (C=O) groups is 4. The number of anilines is 1. The predicted molar refractivity (Wildman–Crippen MR) is 100 cm³/mol. The number of rotatable bonds is 5. The van der Waals surface area contributed by atoms with E-state index >= 15 is 0 Å². The van der Waals surface area contributed by atoms with Crippen molar-refractivity contribution in [3.05, 3.63) is 52.7 Å². The zero-order chi connectivity index (χ0) is 20.7. The second-order valence-electron chi connectivity index (χ2n) is 6.49. The van der Waals surface area contributed by atoms with Gasteiger partial charge in [0, 0.05) is 23.0 Å². The van der Waals surface area contributed by atoms with Gasteiger partial charge in [-0.2, -0.15) is 0 Å². The molecule has 2 aliphatic rings. The molecule has 9 nitrogen and oxygen atoms in total. The molecule has 0 radical (unpaired) electrons. The first-order valence-electron chi connectivity index (χ1n) is 8.77. The number of nitrogens with zero attached hydrogens (tertiary/aromatic N) is 1. The Kier molecular flexibility index (Phi) is 4.51. The van der Waals surface area contributed by atoms with Crippen LogP contribution in [0.2, 0.25) is 0 Å². The quantitative estimate of drug-likeness (QED) is 0.563. The van der Waals surface area contributed by atoms with Gasteiger partial charge in [0.05, 0.1) is 37.0 Å². The number of hydrogen-bond donors (Lipinski definition) is 2. The van der Waals surface area contributed by atoms with Gasteiger partial charge in [0.1, 0.15) is 5.70 Å². The number of esters is 3. The van der Waals surface area contributed by atoms with E-state index in [2.05, 4.69) is 5.32 Å². The Labute approximate surface area is 164 Å². The molecule has 0 aromatic heterocycles. The molecule has 29 heavy (non-hydrogen) atoms. The minimum atomic E-state index is -0.745. The highest BCUT2D eigenvalue weighted by Crippen LogP contribution is 2.35. The predicted octanol–water partition coefficient (Wildman–Crippen LogP) is 0.824. The van der Waals surface area contributed by atoms with Gasteiger partial charge in [0.2, 0.25) is 0 Å². The fourth-order valence-corrected chi connectivity index (χ4v) is 3.53. The Bertz CT molecular complexity index is 1100. The average molecular weight is 396 g/mol. The molecule has 0 aliphatic carbocycles. The largest absolute Gasteiger partial charge is 0.466 e. The molecular weight excluding hydrogens is 380 g/mol. The minimum absolute atomic E-state index is 0.000474. The number of aliphatic hydroxyl groups is 1. The molecule has 148 valence electrons. The summed E-state index contributed by atoms with van der Waals surface area (Å²) in [5.41, 5.74) is 1.06. The molecule has 2 heterocycles. The summed E-state index contributed by atoms with van der Waals surface area (Å²) >= 11 is 0. The number of cyclic esters (lactones) is 2. The Hall–Kier alpha value is -3.72. The van der Waals surface area contributed by atoms with E-state index in [4.69, 9.17) is 14.6 Å². The Morgan fingerprint density at radius 1 is 1.17 bits per heavy atom. The molecule has 0 bridgehead atoms. The van der Waals surface area contributed by atoms with Crippen LogP contribution in [0.1, 0.15) is 20.7 Å². The number of nitrogens with one attached hydrogen (secondary N) is 1. The second-order valence-corrected chi connectivity index (χ2v) is 6.49. The van der Waals surface area contributed by atoms with E-state index < -0.39 is 23.8 Å². The van der Waals surface area contributed by atoms with Crippen LogP contribution in [0.3, 0.4) is 0 Å². The maximum atomic E-state index is 12.7. The van der Waals surface area contributed by atoms with Crippen LogP contribution in [-0.4, -0.2) is 60.6 Å². The highest BCUT2D eigenvalue weighted by atomic mass is 16.6. The zero-order valence-corrected chi connectivity index (χ0v) is 15.4. The Morgan fingerprint density at radius 2 is 1.90 bits per heavy atom. The van der Waals surface area contributed by atoms with Gasteiger partial charge in [0.15, 0.2) is 0 Å². The van der Waals surface area contributed by atoms with Crippen molar-refractivity contribution in [2.24, 2.45) is 0 Å². The van der Waals surface area contributed by atoms with Crippen molar-refractivity contribution in [3.63, 3.8) is 0 Å². The number of hydrogen-bond acceptors (Lipinski definition) is 8. The third kappa shape index (κ3) is 2.92. The number of amides is 1. The van der Waals surface area contributed by atoms with Crippen LogP contribution in [0, 0.1) is 0 Å². The molecule has 0 saturated carbocycles. The molecular formula is C20H16N2O7. The first-order valence-corrected chi connectivity index (χ1v) is 8.77. The van der Waals surface area contributed by atoms with E-state index in [1.807, 2.05) is 0 Å². The topological polar surface area (TPSA) is 122 Å². The number of benzene rings is 2. The maximum Gasteiger partial charge on any atom is 0.346 e. The lowest BCUT2D eigenvalue weighted by molar-refractivity contribution is -0.136. The molecule has 0 unspecified atom stereocenters. The fraction of sp³-hybridized carbons (Fsp3) is 0.200. The highest BCUT2D eigenvalue weighted by molar-refractivity contribution is 6.23. The molecule has 2 aromatic rings. The summed E-state index contributed by atoms with van der Waals surface area (Å²) in [5.74, 6) is -2.62. The van der Waals surface area contributed by atoms with Gasteiger partial charge in [-0.15, -0.1) is 0 Å². The van der Waals surface area contributed by atoms with Gasteiger partial charge in [0.25, 0.3) is 5.91 Å². The van der Waals surface area contributed by atoms with Crippen LogP contribution in [0.4, 0.5) is 5.69 Å². The van der Waals surface area contributed by atoms with Crippen LogP contribution in [0.25, 0.3) is 10.8 Å². The highest BCUT2D eigenvalue weighted by Gasteiger charge is 2.35. The van der Waals surface area contributed by atoms with Crippen molar-refractivity contribution < 1.29 is 33.8 Å². The number of ether oxygens (including phenoxy) is 2. The first-order chi connectivity index (χ1) is 14.0. The molecule has 0 spiro atoms. The summed E-state index contributed by atoms with van der Waals surface area (Å²) in [6, 6.07) is 7.94. The smallest absolute Gasteiger partial charge is 0.346 e. The average Bonchev–Trinajstić information content (AvgIpc) is 3.02. The van der Waals surface area contributed by atoms with Crippen LogP contribution in [0.15, 0.2) is 41.6 Å². The summed E-state index contributed by atoms with van der Waals surface area (Å²) < 4.78 is 9.52. The lowest BCUT2D eigenvalue weighted by Gasteiger charge is -2.19. The zero-order valence-electron chi connectivity index (χ0n) is 15.4. The summed E-state index contributed by atoms with van der Waals surface area (Å²) in [7, 11) is 1.21. The number of aliphatic hydroxyl groups excluding tert-OH is 1. The summed E-state index contributed by atoms with van der Waals surface area (Å²) in [4.78, 5) is 50.3. The van der Waals surface area contributed by atoms with E-state index in [1.165, 1.54) is 18.1 Å². The van der Waals surface area contributed by atoms with E-state index in [1.54, 1.807) is 24.3 Å². The van der Waals surface area contributed by atoms with Crippen LogP contribution in [-0.2, 0) is 19.1 Å². The summed E-state index contributed by atoms with van der Waals surface area (Å²) in [6.45, 7) is -0.187. The molecule has 9 heteroatoms. The molecule has 4 rings (SSSR count). The van der Waals surface area contributed by atoms with Crippen molar-refractivity contribution in [2.45, 2.75) is 0 Å². The minimum Gasteiger partial charge on any atom is -0.466 e. The van der Waals surface area contributed by atoms with Crippen LogP contribution < -0.4 is 5.32 Å². The van der Waals surface area contributed by atoms with Gasteiger partial charge in [-0.25, -0.2) is 14.4 Å². The number of carbonyl (C=O) groups excluding carboxylic acids is 4. The molecule has 0 saturated heterocycles. The first kappa shape index (κ1) is 18.6. The van der Waals surface area contributed by atoms with Gasteiger partial charge in [-0.1, -0.05) is 12.1 Å². The Morgan fingerprint density at radius 3 is 2.59 bits per heavy atom. The normalized spacial score (nSPS) is 15.8. The van der Waals surface area contributed by atoms with E-state index in [0.29, 0.717) is 16.5 Å². The third-order valence-corrected chi connectivity index (χ3v) is 4.88. The molecule has 2 N–H and O–H groups in total. The SMILES string of the molecule is COC(=O)C1=C(Nc2ccc3c4c(cccc24)C(=O)OC3=O)C(=O)N(CCO)C1. The molecule has 0 atom stereocenters. The van der Waals surface area contributed by atoms with Crippen LogP contribution >= 0.6 is 0 Å². The lowest BCUT2D eigenvalue weighted by Crippen LogP contribution is -2.31. The fourth-order valence-electron chi connectivity index (χ4n) is 3.53. The van der Waals surface area contributed by atoms with Crippen molar-refractivity contribution in [2.75, 3.05) is 32.1 Å². The second kappa shape index (κ2) is 7.02. The number of β-amino-alcohol motifs (C(OH)–C–C–N with tert-alkyl or cyclic N) is 1. The third-order valence-electron chi connectivity index (χ3n) is 4.88. The van der Waals surface area contributed by atoms with Crippen molar-refractivity contribution in [1.29, 1.82) is 0 Å². The molecule has 2 aliphatic heterocycles. The van der Waals surface area contributed by atoms with Crippen molar-refractivity contribution in [3.8, 4) is 0 Å². The molecule has 2 aromatic carbocycles. The monoisotopic (exact) mass is 396 g/mol. The maximum absolute atomic E-state index is 12.7. The Balaban J connectivity index is 1.83. The van der Waals surface area contributed by atoms with Crippen molar-refractivity contribution in [1.82, 2.24) is 4.90 Å². The standard InChI is InChI=1S/C20H16N2O7/c1-28-18(25)13-9-22(7-8-23)17(24)16(13)21-14-6-5-12-15-10(14)3-2-4-11(15)19(26)29-20(12)27/h2-6,21,23H,7-9H2,1H3. The van der Waals surface area contributed by atoms with Gasteiger partial charge < -0.3 is 24.8 Å². The van der Waals surface area contributed by atoms with Crippen molar-refractivity contribution >= 4 is 40.3 Å². The summed E-state index contributed by atoms with van der Waals surface area (Å²) in [5, 5.41) is 13.1. The molecule has 1 amide bonds. The molecule has 0 fully saturated rings. The number of methoxy groups -OCH3 is 1.